The zero-order valence-corrected chi connectivity index (χ0v) is 13.2. The number of aryl methyl sites for hydroxylation is 1. The molecule has 0 amide bonds. The fourth-order valence-electron chi connectivity index (χ4n) is 3.00. The fraction of sp³-hybridized carbons (Fsp3) is 0.600. The molecule has 0 saturated carbocycles. The summed E-state index contributed by atoms with van der Waals surface area (Å²) in [6, 6.07) is 1.23. The van der Waals surface area contributed by atoms with Crippen molar-refractivity contribution in [3.05, 3.63) is 17.8 Å². The number of hydrogen-bond donors (Lipinski definition) is 2. The topological polar surface area (TPSA) is 117 Å². The molecule has 23 heavy (non-hydrogen) atoms. The first-order chi connectivity index (χ1) is 10.9. The first-order valence-electron chi connectivity index (χ1n) is 7.65. The van der Waals surface area contributed by atoms with E-state index < -0.39 is 11.9 Å². The lowest BCUT2D eigenvalue weighted by molar-refractivity contribution is -0.159. The Morgan fingerprint density at radius 3 is 2.65 bits per heavy atom. The molecule has 1 aromatic rings. The monoisotopic (exact) mass is 323 g/mol. The molecule has 8 heteroatoms. The summed E-state index contributed by atoms with van der Waals surface area (Å²) in [5.74, 6) is -2.07. The van der Waals surface area contributed by atoms with Crippen LogP contribution in [-0.2, 0) is 16.0 Å². The van der Waals surface area contributed by atoms with E-state index in [2.05, 4.69) is 35.1 Å². The third-order valence-corrected chi connectivity index (χ3v) is 4.18. The van der Waals surface area contributed by atoms with E-state index in [4.69, 9.17) is 24.3 Å². The quantitative estimate of drug-likeness (QED) is 0.802. The van der Waals surface area contributed by atoms with Gasteiger partial charge in [-0.25, -0.2) is 9.59 Å². The van der Waals surface area contributed by atoms with E-state index >= 15 is 0 Å². The molecule has 8 nitrogen and oxygen atoms in total. The molecule has 1 fully saturated rings. The van der Waals surface area contributed by atoms with Crippen LogP contribution in [-0.4, -0.2) is 56.3 Å². The van der Waals surface area contributed by atoms with Crippen LogP contribution < -0.4 is 0 Å². The minimum Gasteiger partial charge on any atom is -0.473 e. The molecule has 126 valence electrons. The van der Waals surface area contributed by atoms with E-state index in [9.17, 15) is 0 Å². The van der Waals surface area contributed by atoms with Crippen LogP contribution in [0.3, 0.4) is 0 Å². The normalized spacial score (nSPS) is 23.0. The third-order valence-electron chi connectivity index (χ3n) is 4.18. The highest BCUT2D eigenvalue weighted by Crippen LogP contribution is 2.37. The largest absolute Gasteiger partial charge is 0.473 e. The number of nitrogens with zero attached hydrogens (tertiary/aromatic N) is 3. The number of aliphatic carboxylic acids is 2. The van der Waals surface area contributed by atoms with Crippen LogP contribution in [0.1, 0.15) is 44.3 Å². The predicted molar refractivity (Wildman–Crippen MR) is 80.7 cm³/mol. The molecule has 2 unspecified atom stereocenters. The van der Waals surface area contributed by atoms with Crippen LogP contribution in [0.5, 0.6) is 0 Å². The maximum absolute atomic E-state index is 9.10. The molecule has 2 N–H and O–H groups in total. The van der Waals surface area contributed by atoms with E-state index in [-0.39, 0.29) is 0 Å². The lowest BCUT2D eigenvalue weighted by Gasteiger charge is -2.30. The number of aromatic nitrogens is 2. The van der Waals surface area contributed by atoms with Gasteiger partial charge in [-0.1, -0.05) is 18.2 Å². The van der Waals surface area contributed by atoms with Crippen molar-refractivity contribution in [1.29, 1.82) is 0 Å². The number of likely N-dealkylation sites (N-methyl/N-ethyl adjacent to an activating group) is 1. The van der Waals surface area contributed by atoms with Gasteiger partial charge < -0.3 is 14.7 Å². The van der Waals surface area contributed by atoms with Crippen molar-refractivity contribution in [3.8, 4) is 0 Å². The second-order valence-corrected chi connectivity index (χ2v) is 5.68. The molecular weight excluding hydrogens is 302 g/mol. The summed E-state index contributed by atoms with van der Waals surface area (Å²) in [6.45, 7) is 2.12. The number of carboxylic acids is 2. The summed E-state index contributed by atoms with van der Waals surface area (Å²) in [5.41, 5.74) is 1.27. The molecule has 0 spiro atoms. The van der Waals surface area contributed by atoms with Crippen molar-refractivity contribution in [3.63, 3.8) is 0 Å². The van der Waals surface area contributed by atoms with Gasteiger partial charge in [-0.2, -0.15) is 4.98 Å². The van der Waals surface area contributed by atoms with Gasteiger partial charge in [-0.3, -0.25) is 4.90 Å². The Kier molecular flexibility index (Phi) is 5.49. The van der Waals surface area contributed by atoms with Crippen molar-refractivity contribution < 1.29 is 24.3 Å². The minimum absolute atomic E-state index is 0.501. The fourth-order valence-corrected chi connectivity index (χ4v) is 3.00. The predicted octanol–water partition coefficient (Wildman–Crippen LogP) is 1.43. The Morgan fingerprint density at radius 1 is 1.35 bits per heavy atom. The van der Waals surface area contributed by atoms with Crippen LogP contribution in [0.25, 0.3) is 5.57 Å². The van der Waals surface area contributed by atoms with Gasteiger partial charge in [0.2, 0.25) is 5.89 Å². The zero-order valence-electron chi connectivity index (χ0n) is 13.2. The van der Waals surface area contributed by atoms with Gasteiger partial charge in [-0.15, -0.1) is 0 Å². The van der Waals surface area contributed by atoms with E-state index in [1.165, 1.54) is 18.4 Å². The van der Waals surface area contributed by atoms with E-state index in [0.29, 0.717) is 6.04 Å². The lowest BCUT2D eigenvalue weighted by Crippen LogP contribution is -2.35. The van der Waals surface area contributed by atoms with Gasteiger partial charge >= 0.3 is 11.9 Å². The summed E-state index contributed by atoms with van der Waals surface area (Å²) in [6.07, 6.45) is 7.88. The molecule has 2 bridgehead atoms. The van der Waals surface area contributed by atoms with Crippen molar-refractivity contribution in [2.75, 3.05) is 7.05 Å². The van der Waals surface area contributed by atoms with Crippen LogP contribution >= 0.6 is 0 Å². The Labute approximate surface area is 133 Å². The van der Waals surface area contributed by atoms with Crippen molar-refractivity contribution in [2.24, 2.45) is 0 Å². The SMILES string of the molecule is CCCc1nc(C2=CCC3CCC2N3C)no1.O=C(O)C(=O)O. The standard InChI is InChI=1S/C13H19N3O.C2H2O4/c1-3-4-12-14-13(15-17-12)10-7-5-9-6-8-11(10)16(9)2;3-1(4)2(5)6/h7,9,11H,3-6,8H2,1-2H3;(H,3,4)(H,5,6). The number of fused-ring (bicyclic) bond motifs is 2. The van der Waals surface area contributed by atoms with E-state index in [1.54, 1.807) is 0 Å². The summed E-state index contributed by atoms with van der Waals surface area (Å²) in [5, 5.41) is 18.9. The number of carbonyl (C=O) groups is 2. The average molecular weight is 323 g/mol. The molecular formula is C15H21N3O5. The molecule has 1 saturated heterocycles. The van der Waals surface area contributed by atoms with E-state index in [0.717, 1.165) is 37.0 Å². The molecule has 2 aliphatic rings. The van der Waals surface area contributed by atoms with Crippen LogP contribution in [0.4, 0.5) is 0 Å². The second-order valence-electron chi connectivity index (χ2n) is 5.68. The van der Waals surface area contributed by atoms with Crippen molar-refractivity contribution in [2.45, 2.75) is 51.1 Å². The maximum atomic E-state index is 9.10. The third kappa shape index (κ3) is 3.95. The van der Waals surface area contributed by atoms with Crippen LogP contribution in [0.2, 0.25) is 0 Å². The molecule has 2 atom stereocenters. The molecule has 1 aromatic heterocycles. The highest BCUT2D eigenvalue weighted by Gasteiger charge is 2.37. The number of carboxylic acid groups (broad SMARTS) is 2. The average Bonchev–Trinajstić information content (AvgIpc) is 3.03. The van der Waals surface area contributed by atoms with Gasteiger partial charge in [0.1, 0.15) is 0 Å². The smallest absolute Gasteiger partial charge is 0.414 e. The summed E-state index contributed by atoms with van der Waals surface area (Å²) in [4.78, 5) is 25.2. The first-order valence-corrected chi connectivity index (χ1v) is 7.65. The number of hydrogen-bond acceptors (Lipinski definition) is 6. The van der Waals surface area contributed by atoms with Crippen molar-refractivity contribution in [1.82, 2.24) is 15.0 Å². The van der Waals surface area contributed by atoms with Gasteiger partial charge in [-0.05, 0) is 32.7 Å². The van der Waals surface area contributed by atoms with Gasteiger partial charge in [0, 0.05) is 24.1 Å². The Morgan fingerprint density at radius 2 is 2.04 bits per heavy atom. The lowest BCUT2D eigenvalue weighted by atomic mass is 10.0. The highest BCUT2D eigenvalue weighted by atomic mass is 16.5. The second kappa shape index (κ2) is 7.36. The molecule has 3 rings (SSSR count). The molecule has 0 aliphatic carbocycles. The number of rotatable bonds is 3. The summed E-state index contributed by atoms with van der Waals surface area (Å²) < 4.78 is 5.28. The van der Waals surface area contributed by atoms with E-state index in [1.807, 2.05) is 0 Å². The zero-order chi connectivity index (χ0) is 17.0. The van der Waals surface area contributed by atoms with Crippen LogP contribution in [0, 0.1) is 0 Å². The summed E-state index contributed by atoms with van der Waals surface area (Å²) >= 11 is 0. The molecule has 2 aliphatic heterocycles. The van der Waals surface area contributed by atoms with Gasteiger partial charge in [0.05, 0.1) is 0 Å². The maximum Gasteiger partial charge on any atom is 0.414 e. The Bertz CT molecular complexity index is 598. The molecule has 0 aromatic carbocycles. The first kappa shape index (κ1) is 17.1. The molecule has 0 radical (unpaired) electrons. The summed E-state index contributed by atoms with van der Waals surface area (Å²) in [7, 11) is 2.21. The van der Waals surface area contributed by atoms with Gasteiger partial charge in [0.15, 0.2) is 5.82 Å². The van der Waals surface area contributed by atoms with Gasteiger partial charge in [0.25, 0.3) is 0 Å². The van der Waals surface area contributed by atoms with Crippen molar-refractivity contribution >= 4 is 17.5 Å². The molecule has 3 heterocycles. The Balaban J connectivity index is 0.000000277. The Hall–Kier alpha value is -2.22. The highest BCUT2D eigenvalue weighted by molar-refractivity contribution is 6.27. The van der Waals surface area contributed by atoms with Crippen LogP contribution in [0.15, 0.2) is 10.6 Å². The minimum atomic E-state index is -1.82.